The number of benzene rings is 1. The Hall–Kier alpha value is -0.380. The van der Waals surface area contributed by atoms with E-state index in [1.807, 2.05) is 6.07 Å². The standard InChI is InChI=1S/C12H17BrN2/c1-15(11-5-6-11)12(8-14)9-3-2-4-10(13)7-9/h2-4,7,11-12H,5-6,8,14H2,1H3. The number of hydrogen-bond acceptors (Lipinski definition) is 2. The highest BCUT2D eigenvalue weighted by Crippen LogP contribution is 2.32. The van der Waals surface area contributed by atoms with Crippen LogP contribution < -0.4 is 5.73 Å². The van der Waals surface area contributed by atoms with Crippen LogP contribution >= 0.6 is 15.9 Å². The molecule has 82 valence electrons. The van der Waals surface area contributed by atoms with Gasteiger partial charge >= 0.3 is 0 Å². The molecule has 1 aliphatic carbocycles. The summed E-state index contributed by atoms with van der Waals surface area (Å²) < 4.78 is 1.13. The van der Waals surface area contributed by atoms with Crippen LogP contribution in [-0.4, -0.2) is 24.5 Å². The van der Waals surface area contributed by atoms with Crippen molar-refractivity contribution in [3.63, 3.8) is 0 Å². The molecule has 0 aliphatic heterocycles. The molecule has 2 rings (SSSR count). The predicted molar refractivity (Wildman–Crippen MR) is 66.7 cm³/mol. The summed E-state index contributed by atoms with van der Waals surface area (Å²) in [6.07, 6.45) is 2.64. The third-order valence-corrected chi connectivity index (χ3v) is 3.56. The van der Waals surface area contributed by atoms with Crippen molar-refractivity contribution < 1.29 is 0 Å². The first-order valence-electron chi connectivity index (χ1n) is 5.40. The maximum Gasteiger partial charge on any atom is 0.0470 e. The molecule has 0 radical (unpaired) electrons. The summed E-state index contributed by atoms with van der Waals surface area (Å²) >= 11 is 3.50. The van der Waals surface area contributed by atoms with Crippen LogP contribution in [0.1, 0.15) is 24.4 Å². The van der Waals surface area contributed by atoms with Gasteiger partial charge in [-0.05, 0) is 37.6 Å². The molecule has 2 N–H and O–H groups in total. The zero-order valence-corrected chi connectivity index (χ0v) is 10.6. The Labute approximate surface area is 99.6 Å². The fraction of sp³-hybridized carbons (Fsp3) is 0.500. The van der Waals surface area contributed by atoms with E-state index in [0.717, 1.165) is 10.5 Å². The first-order chi connectivity index (χ1) is 7.22. The van der Waals surface area contributed by atoms with Gasteiger partial charge in [0.25, 0.3) is 0 Å². The Kier molecular flexibility index (Phi) is 3.44. The molecule has 0 spiro atoms. The van der Waals surface area contributed by atoms with Crippen molar-refractivity contribution >= 4 is 15.9 Å². The van der Waals surface area contributed by atoms with E-state index in [1.54, 1.807) is 0 Å². The summed E-state index contributed by atoms with van der Waals surface area (Å²) in [5.41, 5.74) is 7.17. The molecule has 1 aromatic carbocycles. The van der Waals surface area contributed by atoms with Crippen LogP contribution in [0.15, 0.2) is 28.7 Å². The molecule has 15 heavy (non-hydrogen) atoms. The second-order valence-electron chi connectivity index (χ2n) is 4.20. The lowest BCUT2D eigenvalue weighted by Gasteiger charge is -2.27. The highest BCUT2D eigenvalue weighted by atomic mass is 79.9. The number of rotatable bonds is 4. The first kappa shape index (κ1) is 11.1. The molecule has 2 nitrogen and oxygen atoms in total. The summed E-state index contributed by atoms with van der Waals surface area (Å²) in [5.74, 6) is 0. The molecule has 1 aromatic rings. The third kappa shape index (κ3) is 2.60. The molecule has 0 saturated heterocycles. The zero-order valence-electron chi connectivity index (χ0n) is 8.99. The Morgan fingerprint density at radius 1 is 1.53 bits per heavy atom. The van der Waals surface area contributed by atoms with Gasteiger partial charge in [-0.25, -0.2) is 0 Å². The Morgan fingerprint density at radius 2 is 2.27 bits per heavy atom. The summed E-state index contributed by atoms with van der Waals surface area (Å²) in [6, 6.07) is 9.54. The van der Waals surface area contributed by atoms with Gasteiger partial charge in [0.2, 0.25) is 0 Å². The van der Waals surface area contributed by atoms with E-state index >= 15 is 0 Å². The second kappa shape index (κ2) is 4.64. The Bertz CT molecular complexity index is 336. The Balaban J connectivity index is 2.17. The molecule has 1 atom stereocenters. The molecule has 0 aromatic heterocycles. The van der Waals surface area contributed by atoms with Crippen molar-refractivity contribution in [1.29, 1.82) is 0 Å². The minimum absolute atomic E-state index is 0.356. The fourth-order valence-electron chi connectivity index (χ4n) is 1.99. The number of halogens is 1. The van der Waals surface area contributed by atoms with E-state index in [-0.39, 0.29) is 0 Å². The highest BCUT2D eigenvalue weighted by Gasteiger charge is 2.31. The van der Waals surface area contributed by atoms with Gasteiger partial charge in [-0.3, -0.25) is 4.90 Å². The topological polar surface area (TPSA) is 29.3 Å². The van der Waals surface area contributed by atoms with E-state index in [0.29, 0.717) is 12.6 Å². The number of hydrogen-bond donors (Lipinski definition) is 1. The van der Waals surface area contributed by atoms with Crippen molar-refractivity contribution in [2.24, 2.45) is 5.73 Å². The molecule has 0 heterocycles. The van der Waals surface area contributed by atoms with Gasteiger partial charge in [-0.15, -0.1) is 0 Å². The third-order valence-electron chi connectivity index (χ3n) is 3.07. The van der Waals surface area contributed by atoms with E-state index in [4.69, 9.17) is 5.73 Å². The van der Waals surface area contributed by atoms with E-state index < -0.39 is 0 Å². The van der Waals surface area contributed by atoms with Gasteiger partial charge in [0.15, 0.2) is 0 Å². The van der Waals surface area contributed by atoms with E-state index in [2.05, 4.69) is 46.1 Å². The van der Waals surface area contributed by atoms with Crippen LogP contribution in [0.2, 0.25) is 0 Å². The maximum atomic E-state index is 5.86. The Morgan fingerprint density at radius 3 is 2.80 bits per heavy atom. The van der Waals surface area contributed by atoms with Gasteiger partial charge < -0.3 is 5.73 Å². The van der Waals surface area contributed by atoms with Crippen LogP contribution in [0.4, 0.5) is 0 Å². The monoisotopic (exact) mass is 268 g/mol. The van der Waals surface area contributed by atoms with Crippen LogP contribution in [-0.2, 0) is 0 Å². The zero-order chi connectivity index (χ0) is 10.8. The minimum Gasteiger partial charge on any atom is -0.329 e. The molecule has 0 bridgehead atoms. The lowest BCUT2D eigenvalue weighted by Crippen LogP contribution is -2.32. The molecule has 3 heteroatoms. The maximum absolute atomic E-state index is 5.86. The normalized spacial score (nSPS) is 18.1. The number of likely N-dealkylation sites (N-methyl/N-ethyl adjacent to an activating group) is 1. The van der Waals surface area contributed by atoms with Gasteiger partial charge in [0.05, 0.1) is 0 Å². The van der Waals surface area contributed by atoms with Gasteiger partial charge in [0, 0.05) is 23.1 Å². The SMILES string of the molecule is CN(C1CC1)C(CN)c1cccc(Br)c1. The lowest BCUT2D eigenvalue weighted by atomic mass is 10.1. The first-order valence-corrected chi connectivity index (χ1v) is 6.19. The van der Waals surface area contributed by atoms with Crippen LogP contribution in [0, 0.1) is 0 Å². The fourth-order valence-corrected chi connectivity index (χ4v) is 2.40. The summed E-state index contributed by atoms with van der Waals surface area (Å²) in [7, 11) is 2.18. The molecular formula is C12H17BrN2. The largest absolute Gasteiger partial charge is 0.329 e. The van der Waals surface area contributed by atoms with E-state index in [9.17, 15) is 0 Å². The quantitative estimate of drug-likeness (QED) is 0.910. The molecule has 1 unspecified atom stereocenters. The van der Waals surface area contributed by atoms with Crippen molar-refractivity contribution in [2.45, 2.75) is 24.9 Å². The summed E-state index contributed by atoms with van der Waals surface area (Å²) in [4.78, 5) is 2.40. The lowest BCUT2D eigenvalue weighted by molar-refractivity contribution is 0.240. The molecular weight excluding hydrogens is 252 g/mol. The highest BCUT2D eigenvalue weighted by molar-refractivity contribution is 9.10. The molecule has 0 amide bonds. The van der Waals surface area contributed by atoms with Crippen LogP contribution in [0.25, 0.3) is 0 Å². The van der Waals surface area contributed by atoms with E-state index in [1.165, 1.54) is 18.4 Å². The van der Waals surface area contributed by atoms with Crippen molar-refractivity contribution in [3.05, 3.63) is 34.3 Å². The summed E-state index contributed by atoms with van der Waals surface area (Å²) in [6.45, 7) is 0.684. The molecule has 1 fully saturated rings. The molecule has 1 aliphatic rings. The smallest absolute Gasteiger partial charge is 0.0470 e. The predicted octanol–water partition coefficient (Wildman–Crippen LogP) is 2.54. The minimum atomic E-state index is 0.356. The molecule has 1 saturated carbocycles. The number of nitrogens with zero attached hydrogens (tertiary/aromatic N) is 1. The summed E-state index contributed by atoms with van der Waals surface area (Å²) in [5, 5.41) is 0. The van der Waals surface area contributed by atoms with Gasteiger partial charge in [-0.1, -0.05) is 28.1 Å². The van der Waals surface area contributed by atoms with Crippen molar-refractivity contribution in [2.75, 3.05) is 13.6 Å². The second-order valence-corrected chi connectivity index (χ2v) is 5.12. The van der Waals surface area contributed by atoms with Crippen molar-refractivity contribution in [1.82, 2.24) is 4.90 Å². The average molecular weight is 269 g/mol. The number of nitrogens with two attached hydrogens (primary N) is 1. The van der Waals surface area contributed by atoms with Crippen LogP contribution in [0.5, 0.6) is 0 Å². The van der Waals surface area contributed by atoms with Crippen LogP contribution in [0.3, 0.4) is 0 Å². The van der Waals surface area contributed by atoms with Gasteiger partial charge in [0.1, 0.15) is 0 Å². The average Bonchev–Trinajstić information content (AvgIpc) is 3.02. The van der Waals surface area contributed by atoms with Gasteiger partial charge in [-0.2, -0.15) is 0 Å². The van der Waals surface area contributed by atoms with Crippen molar-refractivity contribution in [3.8, 4) is 0 Å².